The fourth-order valence-corrected chi connectivity index (χ4v) is 2.42. The number of hydrogen-bond donors (Lipinski definition) is 2. The topological polar surface area (TPSA) is 61.4 Å². The first-order valence-corrected chi connectivity index (χ1v) is 7.82. The minimum absolute atomic E-state index is 0.113. The third-order valence-corrected chi connectivity index (χ3v) is 3.86. The molecule has 0 bridgehead atoms. The van der Waals surface area contributed by atoms with Crippen molar-refractivity contribution in [2.45, 2.75) is 0 Å². The van der Waals surface area contributed by atoms with Crippen LogP contribution in [0.15, 0.2) is 41.8 Å². The van der Waals surface area contributed by atoms with E-state index >= 15 is 0 Å². The number of likely N-dealkylation sites (N-methyl/N-ethyl adjacent to an activating group) is 1. The zero-order chi connectivity index (χ0) is 15.9. The molecule has 0 aliphatic heterocycles. The molecule has 0 fully saturated rings. The van der Waals surface area contributed by atoms with Gasteiger partial charge >= 0.3 is 0 Å². The molecule has 5 nitrogen and oxygen atoms in total. The number of amides is 2. The van der Waals surface area contributed by atoms with Gasteiger partial charge in [-0.3, -0.25) is 9.59 Å². The number of hydrogen-bond acceptors (Lipinski definition) is 4. The Morgan fingerprint density at radius 1 is 1.09 bits per heavy atom. The normalized spacial score (nSPS) is 10.5. The van der Waals surface area contributed by atoms with E-state index in [9.17, 15) is 9.59 Å². The summed E-state index contributed by atoms with van der Waals surface area (Å²) in [5.74, 6) is -0.254. The van der Waals surface area contributed by atoms with Crippen LogP contribution in [0, 0.1) is 0 Å². The summed E-state index contributed by atoms with van der Waals surface area (Å²) >= 11 is 1.39. The van der Waals surface area contributed by atoms with E-state index in [1.807, 2.05) is 30.4 Å². The van der Waals surface area contributed by atoms with Gasteiger partial charge in [-0.15, -0.1) is 11.3 Å². The van der Waals surface area contributed by atoms with E-state index in [2.05, 4.69) is 10.6 Å². The van der Waals surface area contributed by atoms with Crippen molar-refractivity contribution < 1.29 is 9.59 Å². The van der Waals surface area contributed by atoms with Crippen LogP contribution in [0.2, 0.25) is 0 Å². The van der Waals surface area contributed by atoms with Crippen molar-refractivity contribution in [3.05, 3.63) is 52.2 Å². The first-order valence-electron chi connectivity index (χ1n) is 6.94. The SMILES string of the molecule is CN(C)CCNC(=O)c1ccc(NC(=O)c2cccs2)cc1. The van der Waals surface area contributed by atoms with E-state index in [0.717, 1.165) is 6.54 Å². The molecule has 22 heavy (non-hydrogen) atoms. The Morgan fingerprint density at radius 3 is 2.41 bits per heavy atom. The third-order valence-electron chi connectivity index (χ3n) is 2.99. The third kappa shape index (κ3) is 4.68. The van der Waals surface area contributed by atoms with E-state index in [-0.39, 0.29) is 11.8 Å². The van der Waals surface area contributed by atoms with Crippen LogP contribution in [0.4, 0.5) is 5.69 Å². The van der Waals surface area contributed by atoms with Gasteiger partial charge in [0.15, 0.2) is 0 Å². The van der Waals surface area contributed by atoms with Crippen molar-refractivity contribution in [2.75, 3.05) is 32.5 Å². The van der Waals surface area contributed by atoms with Crippen molar-refractivity contribution in [3.8, 4) is 0 Å². The molecule has 2 aromatic rings. The molecule has 1 aromatic heterocycles. The van der Waals surface area contributed by atoms with Gasteiger partial charge in [-0.2, -0.15) is 0 Å². The molecule has 2 amide bonds. The molecule has 6 heteroatoms. The predicted molar refractivity (Wildman–Crippen MR) is 89.6 cm³/mol. The minimum atomic E-state index is -0.141. The maximum Gasteiger partial charge on any atom is 0.265 e. The van der Waals surface area contributed by atoms with Gasteiger partial charge in [0.05, 0.1) is 4.88 Å². The summed E-state index contributed by atoms with van der Waals surface area (Å²) in [5, 5.41) is 7.51. The lowest BCUT2D eigenvalue weighted by atomic mass is 10.2. The smallest absolute Gasteiger partial charge is 0.265 e. The standard InChI is InChI=1S/C16H19N3O2S/c1-19(2)10-9-17-15(20)12-5-7-13(8-6-12)18-16(21)14-4-3-11-22-14/h3-8,11H,9-10H2,1-2H3,(H,17,20)(H,18,21). The van der Waals surface area contributed by atoms with Gasteiger partial charge < -0.3 is 15.5 Å². The summed E-state index contributed by atoms with van der Waals surface area (Å²) in [5.41, 5.74) is 1.25. The van der Waals surface area contributed by atoms with Gasteiger partial charge in [0.1, 0.15) is 0 Å². The van der Waals surface area contributed by atoms with E-state index in [1.54, 1.807) is 30.3 Å². The monoisotopic (exact) mass is 317 g/mol. The van der Waals surface area contributed by atoms with E-state index in [0.29, 0.717) is 22.7 Å². The fourth-order valence-electron chi connectivity index (χ4n) is 1.80. The second-order valence-electron chi connectivity index (χ2n) is 5.07. The fraction of sp³-hybridized carbons (Fsp3) is 0.250. The molecular weight excluding hydrogens is 298 g/mol. The van der Waals surface area contributed by atoms with E-state index in [4.69, 9.17) is 0 Å². The Morgan fingerprint density at radius 2 is 1.82 bits per heavy atom. The van der Waals surface area contributed by atoms with Gasteiger partial charge in [0.25, 0.3) is 11.8 Å². The lowest BCUT2D eigenvalue weighted by Gasteiger charge is -2.10. The van der Waals surface area contributed by atoms with Crippen LogP contribution in [-0.2, 0) is 0 Å². The number of nitrogens with zero attached hydrogens (tertiary/aromatic N) is 1. The molecule has 2 rings (SSSR count). The number of benzene rings is 1. The second kappa shape index (κ2) is 7.72. The zero-order valence-electron chi connectivity index (χ0n) is 12.6. The summed E-state index contributed by atoms with van der Waals surface area (Å²) in [7, 11) is 3.91. The minimum Gasteiger partial charge on any atom is -0.351 e. The van der Waals surface area contributed by atoms with Gasteiger partial charge in [-0.05, 0) is 49.8 Å². The highest BCUT2D eigenvalue weighted by Gasteiger charge is 2.08. The molecule has 116 valence electrons. The number of rotatable bonds is 6. The number of nitrogens with one attached hydrogen (secondary N) is 2. The number of anilines is 1. The lowest BCUT2D eigenvalue weighted by Crippen LogP contribution is -2.31. The molecule has 0 aliphatic rings. The van der Waals surface area contributed by atoms with Gasteiger partial charge in [-0.1, -0.05) is 6.07 Å². The van der Waals surface area contributed by atoms with E-state index < -0.39 is 0 Å². The molecule has 1 aromatic carbocycles. The molecule has 2 N–H and O–H groups in total. The molecule has 0 saturated heterocycles. The van der Waals surface area contributed by atoms with Crippen LogP contribution in [-0.4, -0.2) is 43.9 Å². The molecule has 0 spiro atoms. The quantitative estimate of drug-likeness (QED) is 0.859. The largest absolute Gasteiger partial charge is 0.351 e. The predicted octanol–water partition coefficient (Wildman–Crippen LogP) is 2.29. The highest BCUT2D eigenvalue weighted by Crippen LogP contribution is 2.14. The summed E-state index contributed by atoms with van der Waals surface area (Å²) in [6, 6.07) is 10.5. The Balaban J connectivity index is 1.90. The van der Waals surface area contributed by atoms with Crippen LogP contribution in [0.5, 0.6) is 0 Å². The molecule has 0 saturated carbocycles. The first kappa shape index (κ1) is 16.2. The van der Waals surface area contributed by atoms with Crippen molar-refractivity contribution >= 4 is 28.8 Å². The summed E-state index contributed by atoms with van der Waals surface area (Å²) < 4.78 is 0. The van der Waals surface area contributed by atoms with Gasteiger partial charge in [0.2, 0.25) is 0 Å². The molecule has 0 unspecified atom stereocenters. The lowest BCUT2D eigenvalue weighted by molar-refractivity contribution is 0.0950. The maximum atomic E-state index is 11.9. The number of carbonyl (C=O) groups is 2. The van der Waals surface area contributed by atoms with Crippen LogP contribution >= 0.6 is 11.3 Å². The summed E-state index contributed by atoms with van der Waals surface area (Å²) in [6.45, 7) is 1.39. The van der Waals surface area contributed by atoms with E-state index in [1.165, 1.54) is 11.3 Å². The molecule has 0 atom stereocenters. The summed E-state index contributed by atoms with van der Waals surface area (Å²) in [6.07, 6.45) is 0. The first-order chi connectivity index (χ1) is 10.6. The highest BCUT2D eigenvalue weighted by atomic mass is 32.1. The molecule has 0 radical (unpaired) electrons. The van der Waals surface area contributed by atoms with Crippen LogP contribution in [0.1, 0.15) is 20.0 Å². The van der Waals surface area contributed by atoms with Gasteiger partial charge in [-0.25, -0.2) is 0 Å². The van der Waals surface area contributed by atoms with Crippen molar-refractivity contribution in [1.29, 1.82) is 0 Å². The van der Waals surface area contributed by atoms with Crippen LogP contribution in [0.25, 0.3) is 0 Å². The number of carbonyl (C=O) groups excluding carboxylic acids is 2. The van der Waals surface area contributed by atoms with Crippen LogP contribution < -0.4 is 10.6 Å². The summed E-state index contributed by atoms with van der Waals surface area (Å²) in [4.78, 5) is 26.5. The van der Waals surface area contributed by atoms with Gasteiger partial charge in [0, 0.05) is 24.3 Å². The van der Waals surface area contributed by atoms with Crippen molar-refractivity contribution in [1.82, 2.24) is 10.2 Å². The van der Waals surface area contributed by atoms with Crippen molar-refractivity contribution in [3.63, 3.8) is 0 Å². The maximum absolute atomic E-state index is 11.9. The Hall–Kier alpha value is -2.18. The van der Waals surface area contributed by atoms with Crippen LogP contribution in [0.3, 0.4) is 0 Å². The Bertz CT molecular complexity index is 621. The van der Waals surface area contributed by atoms with Crippen molar-refractivity contribution in [2.24, 2.45) is 0 Å². The molecular formula is C16H19N3O2S. The molecule has 0 aliphatic carbocycles. The average molecular weight is 317 g/mol. The highest BCUT2D eigenvalue weighted by molar-refractivity contribution is 7.12. The Kier molecular flexibility index (Phi) is 5.68. The Labute approximate surface area is 134 Å². The average Bonchev–Trinajstić information content (AvgIpc) is 3.02. The number of thiophene rings is 1. The molecule has 1 heterocycles. The zero-order valence-corrected chi connectivity index (χ0v) is 13.4. The second-order valence-corrected chi connectivity index (χ2v) is 6.02.